The molecule has 0 radical (unpaired) electrons. The molecule has 0 saturated carbocycles. The number of amidine groups is 1. The Kier molecular flexibility index (Phi) is 9.02. The number of aromatic hydroxyl groups is 1. The molecule has 214 valence electrons. The van der Waals surface area contributed by atoms with Gasteiger partial charge in [0.25, 0.3) is 0 Å². The molecule has 2 aromatic heterocycles. The highest BCUT2D eigenvalue weighted by molar-refractivity contribution is 6.33. The lowest BCUT2D eigenvalue weighted by atomic mass is 10.0. The van der Waals surface area contributed by atoms with Gasteiger partial charge in [-0.25, -0.2) is 9.37 Å². The van der Waals surface area contributed by atoms with Crippen LogP contribution in [-0.4, -0.2) is 75.8 Å². The minimum atomic E-state index is -0.719. The van der Waals surface area contributed by atoms with E-state index in [0.29, 0.717) is 55.2 Å². The summed E-state index contributed by atoms with van der Waals surface area (Å²) < 4.78 is 15.0. The quantitative estimate of drug-likeness (QED) is 0.185. The number of hydrogen-bond donors (Lipinski definition) is 1. The number of aromatic nitrogens is 2. The number of halogens is 2. The molecule has 0 bridgehead atoms. The molecule has 1 atom stereocenters. The number of anilines is 2. The summed E-state index contributed by atoms with van der Waals surface area (Å²) in [5, 5.41) is 10.6. The summed E-state index contributed by atoms with van der Waals surface area (Å²) >= 11 is 6.73. The molecule has 3 heterocycles. The molecule has 41 heavy (non-hydrogen) atoms. The largest absolute Gasteiger partial charge is 0.507 e. The Morgan fingerprint density at radius 2 is 2.10 bits per heavy atom. The van der Waals surface area contributed by atoms with Crippen molar-refractivity contribution < 1.29 is 19.1 Å². The summed E-state index contributed by atoms with van der Waals surface area (Å²) in [4.78, 5) is 44.0. The molecule has 11 heteroatoms. The number of carbonyl (C=O) groups is 2. The average molecular weight is 579 g/mol. The number of hydrogen-bond acceptors (Lipinski definition) is 6. The van der Waals surface area contributed by atoms with Crippen molar-refractivity contribution in [1.82, 2.24) is 19.8 Å². The van der Waals surface area contributed by atoms with E-state index in [4.69, 9.17) is 16.6 Å². The van der Waals surface area contributed by atoms with Crippen molar-refractivity contribution in [3.63, 3.8) is 0 Å². The van der Waals surface area contributed by atoms with Gasteiger partial charge in [-0.15, -0.1) is 0 Å². The van der Waals surface area contributed by atoms with E-state index in [1.807, 2.05) is 25.7 Å². The summed E-state index contributed by atoms with van der Waals surface area (Å²) in [5.41, 5.74) is 2.18. The number of phenols is 1. The van der Waals surface area contributed by atoms with Crippen molar-refractivity contribution in [3.8, 4) is 17.0 Å². The number of carbonyl (C=O) groups excluding carboxylic acids is 2. The van der Waals surface area contributed by atoms with Crippen LogP contribution in [0.3, 0.4) is 0 Å². The fraction of sp³-hybridized carbons (Fsp3) is 0.300. The van der Waals surface area contributed by atoms with Gasteiger partial charge in [0.05, 0.1) is 33.2 Å². The summed E-state index contributed by atoms with van der Waals surface area (Å²) in [6.45, 7) is 10.7. The van der Waals surface area contributed by atoms with Crippen LogP contribution in [0.2, 0.25) is 5.02 Å². The highest BCUT2D eigenvalue weighted by atomic mass is 35.5. The third-order valence-corrected chi connectivity index (χ3v) is 7.42. The lowest BCUT2D eigenvalue weighted by molar-refractivity contribution is -0.128. The molecule has 4 rings (SSSR count). The Hall–Kier alpha value is -4.31. The first kappa shape index (κ1) is 29.7. The molecule has 9 nitrogen and oxygen atoms in total. The first-order valence-electron chi connectivity index (χ1n) is 13.2. The average Bonchev–Trinajstić information content (AvgIpc) is 2.96. The van der Waals surface area contributed by atoms with Gasteiger partial charge < -0.3 is 14.9 Å². The first-order chi connectivity index (χ1) is 19.7. The Morgan fingerprint density at radius 3 is 2.71 bits per heavy atom. The minimum absolute atomic E-state index is 0.0302. The van der Waals surface area contributed by atoms with Gasteiger partial charge in [0, 0.05) is 38.9 Å². The van der Waals surface area contributed by atoms with Crippen LogP contribution >= 0.6 is 11.6 Å². The molecule has 1 aliphatic heterocycles. The van der Waals surface area contributed by atoms with Gasteiger partial charge >= 0.3 is 0 Å². The second-order valence-corrected chi connectivity index (χ2v) is 10.1. The van der Waals surface area contributed by atoms with Gasteiger partial charge in [-0.1, -0.05) is 31.2 Å². The highest BCUT2D eigenvalue weighted by Gasteiger charge is 2.32. The third kappa shape index (κ3) is 5.65. The summed E-state index contributed by atoms with van der Waals surface area (Å²) in [5.74, 6) is -0.585. The number of amides is 2. The molecule has 1 aliphatic rings. The molecule has 3 aromatic rings. The maximum absolute atomic E-state index is 15.0. The normalized spacial score (nSPS) is 15.6. The van der Waals surface area contributed by atoms with E-state index < -0.39 is 5.82 Å². The topological polar surface area (TPSA) is 102 Å². The molecule has 1 fully saturated rings. The van der Waals surface area contributed by atoms with E-state index in [0.717, 1.165) is 5.56 Å². The van der Waals surface area contributed by atoms with E-state index in [-0.39, 0.29) is 39.8 Å². The number of phenolic OH excluding ortho intramolecular Hbond substituents is 1. The summed E-state index contributed by atoms with van der Waals surface area (Å²) in [6, 6.07) is 7.13. The summed E-state index contributed by atoms with van der Waals surface area (Å²) in [6.07, 6.45) is 4.13. The number of pyridine rings is 2. The Morgan fingerprint density at radius 1 is 1.34 bits per heavy atom. The van der Waals surface area contributed by atoms with Crippen molar-refractivity contribution in [1.29, 1.82) is 0 Å². The van der Waals surface area contributed by atoms with Gasteiger partial charge in [-0.05, 0) is 56.2 Å². The second-order valence-electron chi connectivity index (χ2n) is 9.65. The van der Waals surface area contributed by atoms with Gasteiger partial charge in [-0.3, -0.25) is 24.5 Å². The molecule has 0 spiro atoms. The minimum Gasteiger partial charge on any atom is -0.507 e. The monoisotopic (exact) mass is 578 g/mol. The van der Waals surface area contributed by atoms with Crippen LogP contribution in [0.1, 0.15) is 30.7 Å². The fourth-order valence-electron chi connectivity index (χ4n) is 5.16. The van der Waals surface area contributed by atoms with Crippen LogP contribution in [0.15, 0.2) is 54.2 Å². The third-order valence-electron chi connectivity index (χ3n) is 7.13. The van der Waals surface area contributed by atoms with E-state index in [2.05, 4.69) is 16.6 Å². The van der Waals surface area contributed by atoms with Gasteiger partial charge in [0.1, 0.15) is 17.4 Å². The van der Waals surface area contributed by atoms with Crippen molar-refractivity contribution in [3.05, 3.63) is 76.8 Å². The van der Waals surface area contributed by atoms with E-state index in [1.165, 1.54) is 29.2 Å². The zero-order chi connectivity index (χ0) is 29.8. The second kappa shape index (κ2) is 12.5. The van der Waals surface area contributed by atoms with Crippen LogP contribution in [0.5, 0.6) is 5.75 Å². The number of piperazine rings is 1. The Labute approximate surface area is 243 Å². The zero-order valence-electron chi connectivity index (χ0n) is 23.4. The highest BCUT2D eigenvalue weighted by Crippen LogP contribution is 2.40. The van der Waals surface area contributed by atoms with Gasteiger partial charge in [0.15, 0.2) is 5.82 Å². The number of rotatable bonds is 7. The van der Waals surface area contributed by atoms with Crippen LogP contribution in [0.4, 0.5) is 15.9 Å². The maximum atomic E-state index is 15.0. The predicted octanol–water partition coefficient (Wildman–Crippen LogP) is 4.90. The maximum Gasteiger partial charge on any atom is 0.246 e. The first-order valence-corrected chi connectivity index (χ1v) is 13.6. The Bertz CT molecular complexity index is 1510. The van der Waals surface area contributed by atoms with Crippen molar-refractivity contribution in [2.75, 3.05) is 31.6 Å². The molecule has 0 aliphatic carbocycles. The van der Waals surface area contributed by atoms with E-state index >= 15 is 4.39 Å². The van der Waals surface area contributed by atoms with E-state index in [9.17, 15) is 14.7 Å². The lowest BCUT2D eigenvalue weighted by Crippen LogP contribution is -2.55. The molecule has 1 saturated heterocycles. The van der Waals surface area contributed by atoms with Crippen molar-refractivity contribution >= 4 is 41.3 Å². The molecular weight excluding hydrogens is 547 g/mol. The van der Waals surface area contributed by atoms with Crippen molar-refractivity contribution in [2.45, 2.75) is 33.2 Å². The van der Waals surface area contributed by atoms with Crippen LogP contribution in [-0.2, 0) is 16.0 Å². The molecule has 1 N–H and O–H groups in total. The lowest BCUT2D eigenvalue weighted by Gasteiger charge is -2.41. The smallest absolute Gasteiger partial charge is 0.246 e. The molecule has 2 amide bonds. The molecule has 1 aromatic carbocycles. The van der Waals surface area contributed by atoms with Crippen LogP contribution in [0, 0.1) is 12.7 Å². The van der Waals surface area contributed by atoms with Gasteiger partial charge in [0.2, 0.25) is 12.3 Å². The van der Waals surface area contributed by atoms with Crippen LogP contribution < -0.4 is 4.90 Å². The summed E-state index contributed by atoms with van der Waals surface area (Å²) in [7, 11) is 1.62. The zero-order valence-corrected chi connectivity index (χ0v) is 24.2. The number of aliphatic imine (C=N–C) groups is 1. The Balaban J connectivity index is 1.96. The molecular formula is C30H32ClFN6O3. The number of nitrogens with zero attached hydrogens (tertiary/aromatic N) is 6. The van der Waals surface area contributed by atoms with Crippen LogP contribution in [0.25, 0.3) is 11.3 Å². The van der Waals surface area contributed by atoms with Gasteiger partial charge in [-0.2, -0.15) is 0 Å². The standard InChI is InChI=1S/C30H32ClFN6O3/c1-6-23-28(18(3)11-12-34-23)38(17-39)30-20(15-21(31)27(35-30)26-22(32)9-8-10-24(26)40)29(33-5)37-14-13-36(16-19(37)4)25(41)7-2/h7-12,15,17,19,40H,2,6,13-14,16H2,1,3-5H3. The fourth-order valence-corrected chi connectivity index (χ4v) is 5.40. The number of benzene rings is 1. The van der Waals surface area contributed by atoms with Crippen molar-refractivity contribution in [2.24, 2.45) is 4.99 Å². The number of aryl methyl sites for hydroxylation is 2. The SMILES string of the molecule is C=CC(=O)N1CCN(C(=NC)c2cc(Cl)c(-c3c(O)cccc3F)nc2N(C=O)c2c(C)ccnc2CC)C(C)C1. The molecule has 1 unspecified atom stereocenters. The van der Waals surface area contributed by atoms with E-state index in [1.54, 1.807) is 30.3 Å². The predicted molar refractivity (Wildman–Crippen MR) is 158 cm³/mol.